The molecule has 5 heteroatoms. The number of aromatic nitrogens is 2. The van der Waals surface area contributed by atoms with Crippen LogP contribution in [0.1, 0.15) is 60.3 Å². The Morgan fingerprint density at radius 1 is 0.947 bits per heavy atom. The van der Waals surface area contributed by atoms with Crippen molar-refractivity contribution in [1.82, 2.24) is 14.9 Å². The van der Waals surface area contributed by atoms with Gasteiger partial charge < -0.3 is 10.2 Å². The highest BCUT2D eigenvalue weighted by atomic mass is 79.9. The normalized spacial score (nSPS) is 17.2. The maximum atomic E-state index is 4.99. The van der Waals surface area contributed by atoms with Gasteiger partial charge in [-0.15, -0.1) is 0 Å². The summed E-state index contributed by atoms with van der Waals surface area (Å²) in [6.07, 6.45) is 10.9. The van der Waals surface area contributed by atoms with E-state index in [9.17, 15) is 0 Å². The Morgan fingerprint density at radius 3 is 2.58 bits per heavy atom. The van der Waals surface area contributed by atoms with Gasteiger partial charge >= 0.3 is 0 Å². The van der Waals surface area contributed by atoms with Crippen molar-refractivity contribution in [3.05, 3.63) is 106 Å². The lowest BCUT2D eigenvalue weighted by molar-refractivity contribution is 0.194. The van der Waals surface area contributed by atoms with E-state index in [2.05, 4.69) is 106 Å². The van der Waals surface area contributed by atoms with Crippen LogP contribution in [0.4, 0.5) is 11.6 Å². The number of nitrogens with one attached hydrogen (secondary N) is 1. The standard InChI is InChI=1S/C33H35BrN4/c1-38(28-10-3-2-4-11-28)19-18-23-14-16-27(17-15-23)36-33-35-22-25-21-31(24-8-7-9-26(34)20-24)29-12-5-6-13-30(29)32(25)37-33/h5-9,12-17,20,22,28,31H,2-4,10-11,18-19,21H2,1H3,(H,35,36,37). The molecule has 194 valence electrons. The van der Waals surface area contributed by atoms with E-state index in [0.29, 0.717) is 11.9 Å². The number of anilines is 2. The number of likely N-dealkylation sites (N-methyl/N-ethyl adjacent to an activating group) is 1. The highest BCUT2D eigenvalue weighted by Gasteiger charge is 2.27. The van der Waals surface area contributed by atoms with Crippen molar-refractivity contribution < 1.29 is 0 Å². The molecule has 1 aromatic heterocycles. The van der Waals surface area contributed by atoms with Crippen LogP contribution in [0.15, 0.2) is 83.5 Å². The second kappa shape index (κ2) is 11.4. The van der Waals surface area contributed by atoms with E-state index in [1.807, 2.05) is 6.20 Å². The highest BCUT2D eigenvalue weighted by Crippen LogP contribution is 2.42. The first-order valence-corrected chi connectivity index (χ1v) is 14.7. The van der Waals surface area contributed by atoms with Crippen LogP contribution in [0.2, 0.25) is 0 Å². The molecule has 1 N–H and O–H groups in total. The van der Waals surface area contributed by atoms with Gasteiger partial charge in [0.05, 0.1) is 5.69 Å². The summed E-state index contributed by atoms with van der Waals surface area (Å²) in [7, 11) is 2.29. The van der Waals surface area contributed by atoms with Gasteiger partial charge in [-0.1, -0.05) is 83.7 Å². The Kier molecular flexibility index (Phi) is 7.57. The van der Waals surface area contributed by atoms with E-state index in [-0.39, 0.29) is 0 Å². The first-order chi connectivity index (χ1) is 18.6. The fourth-order valence-electron chi connectivity index (χ4n) is 6.11. The molecule has 0 bridgehead atoms. The molecule has 38 heavy (non-hydrogen) atoms. The molecule has 2 aliphatic rings. The molecular weight excluding hydrogens is 532 g/mol. The average Bonchev–Trinajstić information content (AvgIpc) is 2.97. The third-order valence-corrected chi connectivity index (χ3v) is 8.79. The molecule has 0 spiro atoms. The second-order valence-electron chi connectivity index (χ2n) is 10.8. The number of hydrogen-bond donors (Lipinski definition) is 1. The van der Waals surface area contributed by atoms with Crippen molar-refractivity contribution in [3.8, 4) is 11.3 Å². The molecule has 0 aliphatic heterocycles. The van der Waals surface area contributed by atoms with E-state index in [4.69, 9.17) is 9.97 Å². The van der Waals surface area contributed by atoms with Crippen molar-refractivity contribution in [1.29, 1.82) is 0 Å². The molecule has 0 amide bonds. The molecule has 4 aromatic rings. The number of hydrogen-bond acceptors (Lipinski definition) is 4. The van der Waals surface area contributed by atoms with Crippen molar-refractivity contribution >= 4 is 27.6 Å². The minimum absolute atomic E-state index is 0.295. The number of rotatable bonds is 7. The zero-order valence-electron chi connectivity index (χ0n) is 22.0. The maximum Gasteiger partial charge on any atom is 0.227 e. The van der Waals surface area contributed by atoms with Crippen LogP contribution in [-0.4, -0.2) is 34.5 Å². The summed E-state index contributed by atoms with van der Waals surface area (Å²) in [6.45, 7) is 1.12. The summed E-state index contributed by atoms with van der Waals surface area (Å²) in [6, 6.07) is 26.8. The molecule has 2 aliphatic carbocycles. The quantitative estimate of drug-likeness (QED) is 0.245. The van der Waals surface area contributed by atoms with Gasteiger partial charge in [0.2, 0.25) is 5.95 Å². The van der Waals surface area contributed by atoms with Gasteiger partial charge in [0.25, 0.3) is 0 Å². The van der Waals surface area contributed by atoms with Crippen LogP contribution in [0.3, 0.4) is 0 Å². The minimum Gasteiger partial charge on any atom is -0.324 e. The third kappa shape index (κ3) is 5.55. The summed E-state index contributed by atoms with van der Waals surface area (Å²) in [5.41, 5.74) is 8.45. The summed E-state index contributed by atoms with van der Waals surface area (Å²) in [5.74, 6) is 0.938. The summed E-state index contributed by atoms with van der Waals surface area (Å²) < 4.78 is 1.11. The predicted molar refractivity (Wildman–Crippen MR) is 160 cm³/mol. The van der Waals surface area contributed by atoms with E-state index < -0.39 is 0 Å². The van der Waals surface area contributed by atoms with E-state index in [1.54, 1.807) is 0 Å². The SMILES string of the molecule is CN(CCc1ccc(Nc2ncc3c(n2)-c2ccccc2C(c2cccc(Br)c2)C3)cc1)C1CCCCC1. The van der Waals surface area contributed by atoms with Gasteiger partial charge in [-0.25, -0.2) is 9.97 Å². The van der Waals surface area contributed by atoms with Crippen molar-refractivity contribution in [3.63, 3.8) is 0 Å². The van der Waals surface area contributed by atoms with Crippen molar-refractivity contribution in [2.24, 2.45) is 0 Å². The van der Waals surface area contributed by atoms with Gasteiger partial charge in [-0.05, 0) is 79.3 Å². The number of halogens is 1. The lowest BCUT2D eigenvalue weighted by Crippen LogP contribution is -2.34. The second-order valence-corrected chi connectivity index (χ2v) is 11.7. The Balaban J connectivity index is 1.16. The van der Waals surface area contributed by atoms with Crippen LogP contribution in [-0.2, 0) is 12.8 Å². The van der Waals surface area contributed by atoms with Gasteiger partial charge in [-0.3, -0.25) is 0 Å². The molecule has 1 unspecified atom stereocenters. The molecular formula is C33H35BrN4. The van der Waals surface area contributed by atoms with Gasteiger partial charge in [0, 0.05) is 40.4 Å². The van der Waals surface area contributed by atoms with Crippen LogP contribution >= 0.6 is 15.9 Å². The highest BCUT2D eigenvalue weighted by molar-refractivity contribution is 9.10. The molecule has 0 radical (unpaired) electrons. The van der Waals surface area contributed by atoms with E-state index >= 15 is 0 Å². The van der Waals surface area contributed by atoms with Crippen LogP contribution < -0.4 is 5.32 Å². The molecule has 1 atom stereocenters. The van der Waals surface area contributed by atoms with Gasteiger partial charge in [0.15, 0.2) is 0 Å². The fourth-order valence-corrected chi connectivity index (χ4v) is 6.53. The Hall–Kier alpha value is -3.02. The summed E-state index contributed by atoms with van der Waals surface area (Å²) in [5, 5.41) is 3.44. The molecule has 1 heterocycles. The Bertz CT molecular complexity index is 1390. The maximum absolute atomic E-state index is 4.99. The monoisotopic (exact) mass is 566 g/mol. The molecule has 6 rings (SSSR count). The summed E-state index contributed by atoms with van der Waals surface area (Å²) >= 11 is 3.64. The molecule has 3 aromatic carbocycles. The smallest absolute Gasteiger partial charge is 0.227 e. The van der Waals surface area contributed by atoms with Gasteiger partial charge in [-0.2, -0.15) is 0 Å². The lowest BCUT2D eigenvalue weighted by Gasteiger charge is -2.31. The largest absolute Gasteiger partial charge is 0.324 e. The molecule has 0 saturated heterocycles. The van der Waals surface area contributed by atoms with Crippen LogP contribution in [0.5, 0.6) is 0 Å². The van der Waals surface area contributed by atoms with Crippen LogP contribution in [0, 0.1) is 0 Å². The molecule has 1 saturated carbocycles. The minimum atomic E-state index is 0.295. The first-order valence-electron chi connectivity index (χ1n) is 13.9. The average molecular weight is 568 g/mol. The van der Waals surface area contributed by atoms with Crippen molar-refractivity contribution in [2.45, 2.75) is 56.9 Å². The molecule has 1 fully saturated rings. The van der Waals surface area contributed by atoms with E-state index in [1.165, 1.54) is 59.9 Å². The van der Waals surface area contributed by atoms with Gasteiger partial charge in [0.1, 0.15) is 0 Å². The fraction of sp³-hybridized carbons (Fsp3) is 0.333. The first kappa shape index (κ1) is 25.3. The lowest BCUT2D eigenvalue weighted by atomic mass is 9.78. The van der Waals surface area contributed by atoms with Crippen molar-refractivity contribution in [2.75, 3.05) is 18.9 Å². The Labute approximate surface area is 234 Å². The number of benzene rings is 3. The number of nitrogens with zero attached hydrogens (tertiary/aromatic N) is 3. The van der Waals surface area contributed by atoms with E-state index in [0.717, 1.165) is 41.3 Å². The third-order valence-electron chi connectivity index (χ3n) is 8.29. The Morgan fingerprint density at radius 2 is 1.76 bits per heavy atom. The summed E-state index contributed by atoms with van der Waals surface area (Å²) in [4.78, 5) is 12.3. The predicted octanol–water partition coefficient (Wildman–Crippen LogP) is 8.14. The topological polar surface area (TPSA) is 41.0 Å². The zero-order valence-corrected chi connectivity index (χ0v) is 23.6. The number of fused-ring (bicyclic) bond motifs is 3. The van der Waals surface area contributed by atoms with Crippen LogP contribution in [0.25, 0.3) is 11.3 Å². The zero-order chi connectivity index (χ0) is 25.9. The molecule has 4 nitrogen and oxygen atoms in total.